The summed E-state index contributed by atoms with van der Waals surface area (Å²) in [5, 5.41) is 4.25. The second-order valence-electron chi connectivity index (χ2n) is 4.43. The van der Waals surface area contributed by atoms with Crippen molar-refractivity contribution in [3.05, 3.63) is 12.2 Å². The number of halogens is 1. The maximum absolute atomic E-state index is 4.30. The molecule has 86 valence electrons. The summed E-state index contributed by atoms with van der Waals surface area (Å²) in [5.74, 6) is 1.75. The molecule has 3 nitrogen and oxygen atoms in total. The molecule has 0 aromatic carbocycles. The third-order valence-corrected chi connectivity index (χ3v) is 2.69. The van der Waals surface area contributed by atoms with Crippen LogP contribution in [0, 0.1) is 5.92 Å². The van der Waals surface area contributed by atoms with Gasteiger partial charge in [0.15, 0.2) is 0 Å². The van der Waals surface area contributed by atoms with Crippen LogP contribution in [0.1, 0.15) is 39.4 Å². The van der Waals surface area contributed by atoms with Crippen molar-refractivity contribution < 1.29 is 0 Å². The van der Waals surface area contributed by atoms with Gasteiger partial charge in [0, 0.05) is 17.8 Å². The highest BCUT2D eigenvalue weighted by Gasteiger charge is 2.06. The van der Waals surface area contributed by atoms with Gasteiger partial charge in [0.05, 0.1) is 0 Å². The van der Waals surface area contributed by atoms with Gasteiger partial charge in [-0.1, -0.05) is 36.7 Å². The Balaban J connectivity index is 2.43. The predicted octanol–water partition coefficient (Wildman–Crippen LogP) is 3.04. The molecule has 1 unspecified atom stereocenters. The Morgan fingerprint density at radius 1 is 1.40 bits per heavy atom. The molecule has 0 radical (unpaired) electrons. The number of aromatic nitrogens is 3. The van der Waals surface area contributed by atoms with E-state index in [-0.39, 0.29) is 0 Å². The van der Waals surface area contributed by atoms with Crippen molar-refractivity contribution in [1.29, 1.82) is 0 Å². The van der Waals surface area contributed by atoms with Gasteiger partial charge in [0.25, 0.3) is 0 Å². The van der Waals surface area contributed by atoms with E-state index >= 15 is 0 Å². The predicted molar refractivity (Wildman–Crippen MR) is 66.2 cm³/mol. The monoisotopic (exact) mass is 273 g/mol. The highest BCUT2D eigenvalue weighted by Crippen LogP contribution is 2.10. The van der Waals surface area contributed by atoms with Gasteiger partial charge in [-0.15, -0.1) is 0 Å². The molecule has 0 spiro atoms. The molecule has 0 fully saturated rings. The first-order valence-electron chi connectivity index (χ1n) is 5.60. The fraction of sp³-hybridized carbons (Fsp3) is 0.818. The van der Waals surface area contributed by atoms with Crippen LogP contribution in [0.3, 0.4) is 0 Å². The lowest BCUT2D eigenvalue weighted by molar-refractivity contribution is 0.462. The first-order valence-corrected chi connectivity index (χ1v) is 6.52. The second kappa shape index (κ2) is 6.26. The molecule has 0 bridgehead atoms. The van der Waals surface area contributed by atoms with Crippen molar-refractivity contribution in [2.24, 2.45) is 5.92 Å². The van der Waals surface area contributed by atoms with Gasteiger partial charge < -0.3 is 0 Å². The van der Waals surface area contributed by atoms with E-state index in [1.165, 1.54) is 12.8 Å². The number of hydrogen-bond donors (Lipinski definition) is 0. The van der Waals surface area contributed by atoms with Crippen molar-refractivity contribution in [1.82, 2.24) is 14.8 Å². The Labute approximate surface area is 100 Å². The van der Waals surface area contributed by atoms with Crippen LogP contribution in [0.15, 0.2) is 6.33 Å². The summed E-state index contributed by atoms with van der Waals surface area (Å²) in [6, 6.07) is 0. The zero-order valence-corrected chi connectivity index (χ0v) is 11.4. The topological polar surface area (TPSA) is 30.7 Å². The molecule has 4 heteroatoms. The maximum atomic E-state index is 4.30. The van der Waals surface area contributed by atoms with Gasteiger partial charge in [-0.3, -0.25) is 0 Å². The minimum Gasteiger partial charge on any atom is -0.250 e. The maximum Gasteiger partial charge on any atom is 0.138 e. The van der Waals surface area contributed by atoms with Gasteiger partial charge in [-0.2, -0.15) is 5.10 Å². The molecule has 1 atom stereocenters. The van der Waals surface area contributed by atoms with Crippen molar-refractivity contribution in [2.45, 2.75) is 51.4 Å². The molecular weight excluding hydrogens is 254 g/mol. The molecule has 15 heavy (non-hydrogen) atoms. The third kappa shape index (κ3) is 4.78. The summed E-state index contributed by atoms with van der Waals surface area (Å²) in [6.07, 6.45) is 5.05. The van der Waals surface area contributed by atoms with Crippen LogP contribution >= 0.6 is 15.9 Å². The van der Waals surface area contributed by atoms with Crippen LogP contribution < -0.4 is 0 Å². The molecule has 0 aliphatic carbocycles. The fourth-order valence-corrected chi connectivity index (χ4v) is 1.85. The van der Waals surface area contributed by atoms with E-state index in [9.17, 15) is 0 Å². The van der Waals surface area contributed by atoms with E-state index < -0.39 is 0 Å². The number of nitrogens with zero attached hydrogens (tertiary/aromatic N) is 3. The Hall–Kier alpha value is -0.380. The Bertz CT molecular complexity index is 281. The van der Waals surface area contributed by atoms with Crippen molar-refractivity contribution in [3.63, 3.8) is 0 Å². The van der Waals surface area contributed by atoms with E-state index in [0.717, 1.165) is 18.8 Å². The van der Waals surface area contributed by atoms with Crippen LogP contribution in [0.25, 0.3) is 0 Å². The lowest BCUT2D eigenvalue weighted by Crippen LogP contribution is -2.10. The van der Waals surface area contributed by atoms with Crippen LogP contribution in [0.4, 0.5) is 0 Å². The van der Waals surface area contributed by atoms with E-state index in [2.05, 4.69) is 46.8 Å². The summed E-state index contributed by atoms with van der Waals surface area (Å²) in [6.45, 7) is 7.55. The first kappa shape index (κ1) is 12.7. The average molecular weight is 274 g/mol. The zero-order chi connectivity index (χ0) is 11.3. The van der Waals surface area contributed by atoms with Crippen LogP contribution in [0.2, 0.25) is 0 Å². The Morgan fingerprint density at radius 3 is 2.73 bits per heavy atom. The summed E-state index contributed by atoms with van der Waals surface area (Å²) in [7, 11) is 0. The molecule has 1 heterocycles. The number of alkyl halides is 1. The van der Waals surface area contributed by atoms with Crippen molar-refractivity contribution in [3.8, 4) is 0 Å². The van der Waals surface area contributed by atoms with Gasteiger partial charge >= 0.3 is 0 Å². The van der Waals surface area contributed by atoms with E-state index in [1.54, 1.807) is 6.33 Å². The lowest BCUT2D eigenvalue weighted by Gasteiger charge is -2.08. The first-order chi connectivity index (χ1) is 7.09. The van der Waals surface area contributed by atoms with Crippen molar-refractivity contribution in [2.75, 3.05) is 0 Å². The van der Waals surface area contributed by atoms with Crippen molar-refractivity contribution >= 4 is 15.9 Å². The summed E-state index contributed by atoms with van der Waals surface area (Å²) in [4.78, 5) is 4.90. The van der Waals surface area contributed by atoms with E-state index in [0.29, 0.717) is 10.7 Å². The largest absolute Gasteiger partial charge is 0.250 e. The molecule has 0 N–H and O–H groups in total. The normalized spacial score (nSPS) is 13.4. The highest BCUT2D eigenvalue weighted by atomic mass is 79.9. The molecule has 0 saturated heterocycles. The summed E-state index contributed by atoms with van der Waals surface area (Å²) >= 11 is 3.55. The Kier molecular flexibility index (Phi) is 5.29. The number of aryl methyl sites for hydroxylation is 1. The standard InChI is InChI=1S/C11H20BrN3/c1-9(2)7-15-11(13-8-14-15)6-4-5-10(3)12/h8-10H,4-7H2,1-3H3. The zero-order valence-electron chi connectivity index (χ0n) is 9.78. The lowest BCUT2D eigenvalue weighted by atomic mass is 10.2. The SMILES string of the molecule is CC(C)Cn1ncnc1CCCC(C)Br. The molecule has 0 amide bonds. The van der Waals surface area contributed by atoms with Crippen LogP contribution in [0.5, 0.6) is 0 Å². The van der Waals surface area contributed by atoms with Gasteiger partial charge in [0.1, 0.15) is 12.2 Å². The highest BCUT2D eigenvalue weighted by molar-refractivity contribution is 9.09. The minimum absolute atomic E-state index is 0.596. The molecule has 0 aliphatic rings. The molecule has 1 aromatic heterocycles. The molecule has 0 aliphatic heterocycles. The number of rotatable bonds is 6. The number of hydrogen-bond acceptors (Lipinski definition) is 2. The minimum atomic E-state index is 0.596. The third-order valence-electron chi connectivity index (χ3n) is 2.24. The van der Waals surface area contributed by atoms with Gasteiger partial charge in [-0.25, -0.2) is 9.67 Å². The summed E-state index contributed by atoms with van der Waals surface area (Å²) < 4.78 is 2.03. The van der Waals surface area contributed by atoms with Crippen LogP contribution in [-0.4, -0.2) is 19.6 Å². The average Bonchev–Trinajstić information content (AvgIpc) is 2.51. The second-order valence-corrected chi connectivity index (χ2v) is 5.99. The quantitative estimate of drug-likeness (QED) is 0.746. The molecule has 1 aromatic rings. The van der Waals surface area contributed by atoms with Gasteiger partial charge in [-0.05, 0) is 18.8 Å². The van der Waals surface area contributed by atoms with Crippen LogP contribution in [-0.2, 0) is 13.0 Å². The fourth-order valence-electron chi connectivity index (χ4n) is 1.52. The summed E-state index contributed by atoms with van der Waals surface area (Å²) in [5.41, 5.74) is 0. The molecular formula is C11H20BrN3. The molecule has 0 saturated carbocycles. The smallest absolute Gasteiger partial charge is 0.138 e. The Morgan fingerprint density at radius 2 is 2.13 bits per heavy atom. The molecule has 1 rings (SSSR count). The van der Waals surface area contributed by atoms with E-state index in [1.807, 2.05) is 4.68 Å². The van der Waals surface area contributed by atoms with Gasteiger partial charge in [0.2, 0.25) is 0 Å². The van der Waals surface area contributed by atoms with E-state index in [4.69, 9.17) is 0 Å².